The Morgan fingerprint density at radius 2 is 2.17 bits per heavy atom. The summed E-state index contributed by atoms with van der Waals surface area (Å²) in [4.78, 5) is 28.7. The van der Waals surface area contributed by atoms with Gasteiger partial charge in [-0.3, -0.25) is 9.59 Å². The van der Waals surface area contributed by atoms with E-state index in [4.69, 9.17) is 5.73 Å². The lowest BCUT2D eigenvalue weighted by molar-refractivity contribution is -0.115. The second kappa shape index (κ2) is 6.81. The molecule has 130 valence electrons. The van der Waals surface area contributed by atoms with Gasteiger partial charge in [0.05, 0.1) is 11.4 Å². The van der Waals surface area contributed by atoms with Crippen LogP contribution < -0.4 is 16.0 Å². The lowest BCUT2D eigenvalue weighted by Crippen LogP contribution is -2.49. The summed E-state index contributed by atoms with van der Waals surface area (Å²) < 4.78 is 0. The van der Waals surface area contributed by atoms with Gasteiger partial charge in [0, 0.05) is 44.7 Å². The van der Waals surface area contributed by atoms with Crippen LogP contribution in [-0.4, -0.2) is 49.4 Å². The van der Waals surface area contributed by atoms with Gasteiger partial charge in [-0.25, -0.2) is 0 Å². The molecular formula is C18H26N4O2. The number of amides is 2. The fraction of sp³-hybridized carbons (Fsp3) is 0.556. The maximum Gasteiger partial charge on any atom is 0.254 e. The number of likely N-dealkylation sites (tertiary alicyclic amines) is 1. The quantitative estimate of drug-likeness (QED) is 0.864. The minimum atomic E-state index is -0.0168. The Morgan fingerprint density at radius 3 is 2.92 bits per heavy atom. The van der Waals surface area contributed by atoms with E-state index in [9.17, 15) is 9.59 Å². The molecule has 0 radical (unpaired) electrons. The number of nitrogens with one attached hydrogen (secondary N) is 1. The van der Waals surface area contributed by atoms with Crippen molar-refractivity contribution < 1.29 is 9.59 Å². The first-order valence-electron chi connectivity index (χ1n) is 8.65. The van der Waals surface area contributed by atoms with E-state index in [1.54, 1.807) is 6.07 Å². The number of anilines is 2. The zero-order valence-electron chi connectivity index (χ0n) is 14.4. The van der Waals surface area contributed by atoms with E-state index in [0.29, 0.717) is 36.7 Å². The van der Waals surface area contributed by atoms with Gasteiger partial charge >= 0.3 is 0 Å². The van der Waals surface area contributed by atoms with Crippen LogP contribution in [0.2, 0.25) is 0 Å². The topological polar surface area (TPSA) is 78.7 Å². The number of fused-ring (bicyclic) bond motifs is 1. The number of nitrogens with two attached hydrogens (primary N) is 1. The molecule has 1 saturated heterocycles. The third kappa shape index (κ3) is 3.24. The average Bonchev–Trinajstić information content (AvgIpc) is 2.72. The number of piperidine rings is 1. The van der Waals surface area contributed by atoms with Crippen molar-refractivity contribution in [3.63, 3.8) is 0 Å². The molecule has 2 aliphatic rings. The summed E-state index contributed by atoms with van der Waals surface area (Å²) in [5, 5.41) is 2.91. The largest absolute Gasteiger partial charge is 0.372 e. The minimum Gasteiger partial charge on any atom is -0.372 e. The second-order valence-electron chi connectivity index (χ2n) is 6.97. The standard InChI is InChI=1S/C18H26N4O2/c1-12-5-8-22(14(9-12)11-19)18(24)13-3-4-16-15(10-13)20-17(23)6-7-21(16)2/h3-4,10,12,14H,5-9,11,19H2,1-2H3,(H,20,23). The summed E-state index contributed by atoms with van der Waals surface area (Å²) in [6.45, 7) is 4.11. The third-order valence-electron chi connectivity index (χ3n) is 5.11. The minimum absolute atomic E-state index is 0.00120. The van der Waals surface area contributed by atoms with E-state index in [1.807, 2.05) is 29.0 Å². The van der Waals surface area contributed by atoms with Crippen LogP contribution in [0.25, 0.3) is 0 Å². The van der Waals surface area contributed by atoms with Crippen molar-refractivity contribution in [2.24, 2.45) is 11.7 Å². The Morgan fingerprint density at radius 1 is 1.38 bits per heavy atom. The summed E-state index contributed by atoms with van der Waals surface area (Å²) in [5.74, 6) is 0.584. The van der Waals surface area contributed by atoms with Crippen LogP contribution in [0.15, 0.2) is 18.2 Å². The zero-order chi connectivity index (χ0) is 17.3. The molecule has 6 nitrogen and oxygen atoms in total. The number of carbonyl (C=O) groups excluding carboxylic acids is 2. The lowest BCUT2D eigenvalue weighted by Gasteiger charge is -2.38. The third-order valence-corrected chi connectivity index (χ3v) is 5.11. The van der Waals surface area contributed by atoms with Crippen molar-refractivity contribution in [2.45, 2.75) is 32.2 Å². The molecule has 2 amide bonds. The van der Waals surface area contributed by atoms with Crippen molar-refractivity contribution >= 4 is 23.2 Å². The van der Waals surface area contributed by atoms with Crippen molar-refractivity contribution in [3.8, 4) is 0 Å². The summed E-state index contributed by atoms with van der Waals surface area (Å²) in [6, 6.07) is 5.65. The van der Waals surface area contributed by atoms with Crippen molar-refractivity contribution in [2.75, 3.05) is 36.9 Å². The van der Waals surface area contributed by atoms with Gasteiger partial charge in [0.25, 0.3) is 5.91 Å². The summed E-state index contributed by atoms with van der Waals surface area (Å²) in [5.41, 5.74) is 8.14. The highest BCUT2D eigenvalue weighted by Crippen LogP contribution is 2.30. The highest BCUT2D eigenvalue weighted by Gasteiger charge is 2.30. The molecule has 2 heterocycles. The SMILES string of the molecule is CC1CCN(C(=O)c2ccc3c(c2)NC(=O)CCN3C)C(CN)C1. The second-order valence-corrected chi connectivity index (χ2v) is 6.97. The number of hydrogen-bond acceptors (Lipinski definition) is 4. The number of hydrogen-bond donors (Lipinski definition) is 2. The molecule has 0 spiro atoms. The maximum absolute atomic E-state index is 13.0. The van der Waals surface area contributed by atoms with Gasteiger partial charge < -0.3 is 20.9 Å². The van der Waals surface area contributed by atoms with E-state index in [1.165, 1.54) is 0 Å². The summed E-state index contributed by atoms with van der Waals surface area (Å²) in [6.07, 6.45) is 2.41. The monoisotopic (exact) mass is 330 g/mol. The van der Waals surface area contributed by atoms with Gasteiger partial charge in [-0.1, -0.05) is 6.92 Å². The van der Waals surface area contributed by atoms with Crippen LogP contribution in [0.4, 0.5) is 11.4 Å². The fourth-order valence-electron chi connectivity index (χ4n) is 3.61. The number of carbonyl (C=O) groups is 2. The van der Waals surface area contributed by atoms with Crippen molar-refractivity contribution in [1.82, 2.24) is 4.90 Å². The molecule has 2 unspecified atom stereocenters. The van der Waals surface area contributed by atoms with E-state index < -0.39 is 0 Å². The normalized spacial score (nSPS) is 24.2. The van der Waals surface area contributed by atoms with Crippen LogP contribution in [0.3, 0.4) is 0 Å². The van der Waals surface area contributed by atoms with Crippen molar-refractivity contribution in [1.29, 1.82) is 0 Å². The van der Waals surface area contributed by atoms with Crippen molar-refractivity contribution in [3.05, 3.63) is 23.8 Å². The van der Waals surface area contributed by atoms with Gasteiger partial charge in [-0.05, 0) is 37.0 Å². The molecule has 1 fully saturated rings. The molecule has 0 aliphatic carbocycles. The molecule has 24 heavy (non-hydrogen) atoms. The van der Waals surface area contributed by atoms with E-state index in [0.717, 1.165) is 25.1 Å². The number of benzene rings is 1. The van der Waals surface area contributed by atoms with Crippen LogP contribution >= 0.6 is 0 Å². The molecule has 2 aliphatic heterocycles. The molecule has 2 atom stereocenters. The zero-order valence-corrected chi connectivity index (χ0v) is 14.4. The molecule has 3 rings (SSSR count). The van der Waals surface area contributed by atoms with Crippen LogP contribution in [-0.2, 0) is 4.79 Å². The van der Waals surface area contributed by atoms with E-state index >= 15 is 0 Å². The van der Waals surface area contributed by atoms with Gasteiger partial charge in [0.15, 0.2) is 0 Å². The Bertz CT molecular complexity index is 646. The highest BCUT2D eigenvalue weighted by molar-refractivity contribution is 6.01. The predicted octanol–water partition coefficient (Wildman–Crippen LogP) is 1.66. The maximum atomic E-state index is 13.0. The molecule has 0 bridgehead atoms. The average molecular weight is 330 g/mol. The van der Waals surface area contributed by atoms with E-state index in [-0.39, 0.29) is 17.9 Å². The van der Waals surface area contributed by atoms with Gasteiger partial charge in [-0.2, -0.15) is 0 Å². The molecule has 6 heteroatoms. The molecule has 3 N–H and O–H groups in total. The first-order chi connectivity index (χ1) is 11.5. The molecule has 0 saturated carbocycles. The first-order valence-corrected chi connectivity index (χ1v) is 8.65. The summed E-state index contributed by atoms with van der Waals surface area (Å²) >= 11 is 0. The van der Waals surface area contributed by atoms with E-state index in [2.05, 4.69) is 12.2 Å². The predicted molar refractivity (Wildman–Crippen MR) is 95.2 cm³/mol. The van der Waals surface area contributed by atoms with Crippen LogP contribution in [0, 0.1) is 5.92 Å². The van der Waals surface area contributed by atoms with Gasteiger partial charge in [0.1, 0.15) is 0 Å². The number of rotatable bonds is 2. The number of nitrogens with zero attached hydrogens (tertiary/aromatic N) is 2. The highest BCUT2D eigenvalue weighted by atomic mass is 16.2. The fourth-order valence-corrected chi connectivity index (χ4v) is 3.61. The van der Waals surface area contributed by atoms with Gasteiger partial charge in [0.2, 0.25) is 5.91 Å². The molecular weight excluding hydrogens is 304 g/mol. The Balaban J connectivity index is 1.87. The summed E-state index contributed by atoms with van der Waals surface area (Å²) in [7, 11) is 1.96. The Hall–Kier alpha value is -2.08. The van der Waals surface area contributed by atoms with Crippen LogP contribution in [0.5, 0.6) is 0 Å². The molecule has 0 aromatic heterocycles. The Labute approximate surface area is 143 Å². The Kier molecular flexibility index (Phi) is 4.76. The van der Waals surface area contributed by atoms with Crippen LogP contribution in [0.1, 0.15) is 36.5 Å². The van der Waals surface area contributed by atoms with Gasteiger partial charge in [-0.15, -0.1) is 0 Å². The lowest BCUT2D eigenvalue weighted by atomic mass is 9.92. The molecule has 1 aromatic rings. The first kappa shape index (κ1) is 16.8. The molecule has 1 aromatic carbocycles. The smallest absolute Gasteiger partial charge is 0.254 e.